The van der Waals surface area contributed by atoms with Crippen LogP contribution in [-0.2, 0) is 25.7 Å². The Morgan fingerprint density at radius 3 is 2.48 bits per heavy atom. The summed E-state index contributed by atoms with van der Waals surface area (Å²) >= 11 is 1.28. The van der Waals surface area contributed by atoms with Crippen LogP contribution in [-0.4, -0.2) is 37.1 Å². The van der Waals surface area contributed by atoms with E-state index in [1.807, 2.05) is 24.3 Å². The fourth-order valence-corrected chi connectivity index (χ4v) is 3.78. The van der Waals surface area contributed by atoms with Crippen LogP contribution in [0.15, 0.2) is 30.3 Å². The van der Waals surface area contributed by atoms with Crippen molar-refractivity contribution in [2.45, 2.75) is 26.5 Å². The van der Waals surface area contributed by atoms with Gasteiger partial charge in [0, 0.05) is 16.0 Å². The molecule has 0 fully saturated rings. The summed E-state index contributed by atoms with van der Waals surface area (Å²) in [6.45, 7) is 3.77. The molecule has 0 atom stereocenters. The molecule has 7 nitrogen and oxygen atoms in total. The standard InChI is InChI=1S/C19H19NO6S/c1-3-24-18(22)15(19(23)25-4-2)20-17(21)14-9-11-10-26-13-8-6-5-7-12(13)16(11)27-14/h5-9,15H,3-4,10H2,1-2H3,(H,20,21). The molecule has 8 heteroatoms. The summed E-state index contributed by atoms with van der Waals surface area (Å²) in [6.07, 6.45) is 0. The maximum atomic E-state index is 12.6. The van der Waals surface area contributed by atoms with Gasteiger partial charge in [-0.1, -0.05) is 12.1 Å². The van der Waals surface area contributed by atoms with E-state index in [0.29, 0.717) is 11.5 Å². The van der Waals surface area contributed by atoms with Crippen LogP contribution in [0, 0.1) is 0 Å². The van der Waals surface area contributed by atoms with Crippen molar-refractivity contribution in [1.29, 1.82) is 0 Å². The lowest BCUT2D eigenvalue weighted by atomic mass is 10.1. The van der Waals surface area contributed by atoms with Gasteiger partial charge in [-0.3, -0.25) is 4.79 Å². The predicted molar refractivity (Wildman–Crippen MR) is 98.6 cm³/mol. The quantitative estimate of drug-likeness (QED) is 0.603. The molecule has 2 aromatic rings. The first-order valence-corrected chi connectivity index (χ1v) is 9.35. The number of amides is 1. The van der Waals surface area contributed by atoms with Crippen LogP contribution in [0.1, 0.15) is 29.1 Å². The molecule has 0 aliphatic carbocycles. The Morgan fingerprint density at radius 1 is 1.15 bits per heavy atom. The zero-order valence-electron chi connectivity index (χ0n) is 14.9. The number of para-hydroxylation sites is 1. The van der Waals surface area contributed by atoms with E-state index in [4.69, 9.17) is 14.2 Å². The molecule has 1 aromatic carbocycles. The minimum atomic E-state index is -1.50. The predicted octanol–water partition coefficient (Wildman–Crippen LogP) is 2.53. The fourth-order valence-electron chi connectivity index (χ4n) is 2.68. The molecule has 27 heavy (non-hydrogen) atoms. The number of carbonyl (C=O) groups excluding carboxylic acids is 3. The number of hydrogen-bond donors (Lipinski definition) is 1. The van der Waals surface area contributed by atoms with E-state index < -0.39 is 23.9 Å². The maximum Gasteiger partial charge on any atom is 0.340 e. The second-order valence-electron chi connectivity index (χ2n) is 5.66. The summed E-state index contributed by atoms with van der Waals surface area (Å²) in [5, 5.41) is 2.42. The zero-order chi connectivity index (χ0) is 19.4. The van der Waals surface area contributed by atoms with Gasteiger partial charge in [0.15, 0.2) is 0 Å². The number of benzene rings is 1. The molecule has 1 aliphatic heterocycles. The topological polar surface area (TPSA) is 90.9 Å². The smallest absolute Gasteiger partial charge is 0.340 e. The number of ether oxygens (including phenoxy) is 3. The highest BCUT2D eigenvalue weighted by molar-refractivity contribution is 7.17. The summed E-state index contributed by atoms with van der Waals surface area (Å²) in [5.41, 5.74) is 1.79. The Labute approximate surface area is 160 Å². The monoisotopic (exact) mass is 389 g/mol. The number of carbonyl (C=O) groups is 3. The van der Waals surface area contributed by atoms with Crippen LogP contribution in [0.5, 0.6) is 5.75 Å². The highest BCUT2D eigenvalue weighted by Crippen LogP contribution is 2.42. The molecular weight excluding hydrogens is 370 g/mol. The van der Waals surface area contributed by atoms with Crippen molar-refractivity contribution >= 4 is 29.2 Å². The van der Waals surface area contributed by atoms with E-state index in [9.17, 15) is 14.4 Å². The molecule has 3 rings (SSSR count). The largest absolute Gasteiger partial charge is 0.488 e. The second-order valence-corrected chi connectivity index (χ2v) is 6.71. The number of nitrogens with one attached hydrogen (secondary N) is 1. The summed E-state index contributed by atoms with van der Waals surface area (Å²) in [6, 6.07) is 7.78. The van der Waals surface area contributed by atoms with Gasteiger partial charge in [-0.2, -0.15) is 0 Å². The van der Waals surface area contributed by atoms with Gasteiger partial charge in [0.25, 0.3) is 5.91 Å². The maximum absolute atomic E-state index is 12.6. The number of rotatable bonds is 6. The highest BCUT2D eigenvalue weighted by Gasteiger charge is 2.32. The third-order valence-corrected chi connectivity index (χ3v) is 5.08. The molecule has 0 bridgehead atoms. The van der Waals surface area contributed by atoms with E-state index >= 15 is 0 Å². The lowest BCUT2D eigenvalue weighted by Crippen LogP contribution is -2.48. The second kappa shape index (κ2) is 8.22. The van der Waals surface area contributed by atoms with Crippen molar-refractivity contribution < 1.29 is 28.6 Å². The van der Waals surface area contributed by atoms with Gasteiger partial charge in [-0.25, -0.2) is 9.59 Å². The number of esters is 2. The minimum absolute atomic E-state index is 0.0893. The normalized spacial score (nSPS) is 11.8. The van der Waals surface area contributed by atoms with Crippen LogP contribution >= 0.6 is 11.3 Å². The number of hydrogen-bond acceptors (Lipinski definition) is 7. The molecule has 0 saturated carbocycles. The molecule has 1 N–H and O–H groups in total. The third kappa shape index (κ3) is 3.95. The Morgan fingerprint density at radius 2 is 1.81 bits per heavy atom. The molecule has 0 saturated heterocycles. The SMILES string of the molecule is CCOC(=O)C(NC(=O)c1cc2c(s1)-c1ccccc1OC2)C(=O)OCC. The first-order valence-electron chi connectivity index (χ1n) is 8.54. The molecule has 1 amide bonds. The van der Waals surface area contributed by atoms with E-state index in [2.05, 4.69) is 5.32 Å². The van der Waals surface area contributed by atoms with E-state index in [1.165, 1.54) is 11.3 Å². The minimum Gasteiger partial charge on any atom is -0.488 e. The Bertz CT molecular complexity index is 857. The summed E-state index contributed by atoms with van der Waals surface area (Å²) in [7, 11) is 0. The van der Waals surface area contributed by atoms with E-state index in [0.717, 1.165) is 21.8 Å². The van der Waals surface area contributed by atoms with Gasteiger partial charge in [-0.05, 0) is 32.0 Å². The average Bonchev–Trinajstić information content (AvgIpc) is 3.11. The number of thiophene rings is 1. The molecule has 142 valence electrons. The van der Waals surface area contributed by atoms with Crippen LogP contribution in [0.2, 0.25) is 0 Å². The molecular formula is C19H19NO6S. The van der Waals surface area contributed by atoms with Crippen molar-refractivity contribution in [2.24, 2.45) is 0 Å². The molecule has 1 aromatic heterocycles. The van der Waals surface area contributed by atoms with Gasteiger partial charge < -0.3 is 19.5 Å². The number of fused-ring (bicyclic) bond motifs is 3. The average molecular weight is 389 g/mol. The van der Waals surface area contributed by atoms with E-state index in [1.54, 1.807) is 19.9 Å². The fraction of sp³-hybridized carbons (Fsp3) is 0.316. The van der Waals surface area contributed by atoms with Crippen LogP contribution in [0.4, 0.5) is 0 Å². The third-order valence-electron chi connectivity index (χ3n) is 3.87. The van der Waals surface area contributed by atoms with Crippen molar-refractivity contribution in [3.05, 3.63) is 40.8 Å². The summed E-state index contributed by atoms with van der Waals surface area (Å²) in [4.78, 5) is 38.0. The zero-order valence-corrected chi connectivity index (χ0v) is 15.8. The van der Waals surface area contributed by atoms with Gasteiger partial charge in [0.05, 0.1) is 18.1 Å². The Hall–Kier alpha value is -2.87. The van der Waals surface area contributed by atoms with Gasteiger partial charge in [0.2, 0.25) is 6.04 Å². The first kappa shape index (κ1) is 18.9. The van der Waals surface area contributed by atoms with Crippen LogP contribution < -0.4 is 10.1 Å². The van der Waals surface area contributed by atoms with Crippen molar-refractivity contribution in [2.75, 3.05) is 13.2 Å². The lowest BCUT2D eigenvalue weighted by Gasteiger charge is -2.16. The Kier molecular flexibility index (Phi) is 5.75. The van der Waals surface area contributed by atoms with Crippen molar-refractivity contribution in [1.82, 2.24) is 5.32 Å². The Balaban J connectivity index is 1.83. The summed E-state index contributed by atoms with van der Waals surface area (Å²) < 4.78 is 15.4. The van der Waals surface area contributed by atoms with Crippen molar-refractivity contribution in [3.8, 4) is 16.2 Å². The molecule has 0 unspecified atom stereocenters. The molecule has 0 radical (unpaired) electrons. The lowest BCUT2D eigenvalue weighted by molar-refractivity contribution is -0.157. The highest BCUT2D eigenvalue weighted by atomic mass is 32.1. The van der Waals surface area contributed by atoms with Gasteiger partial charge in [0.1, 0.15) is 12.4 Å². The van der Waals surface area contributed by atoms with Crippen molar-refractivity contribution in [3.63, 3.8) is 0 Å². The molecule has 2 heterocycles. The van der Waals surface area contributed by atoms with Gasteiger partial charge >= 0.3 is 11.9 Å². The van der Waals surface area contributed by atoms with Gasteiger partial charge in [-0.15, -0.1) is 11.3 Å². The molecule has 0 spiro atoms. The first-order chi connectivity index (χ1) is 13.0. The van der Waals surface area contributed by atoms with Crippen LogP contribution in [0.3, 0.4) is 0 Å². The van der Waals surface area contributed by atoms with Crippen LogP contribution in [0.25, 0.3) is 10.4 Å². The summed E-state index contributed by atoms with van der Waals surface area (Å²) in [5.74, 6) is -1.48. The van der Waals surface area contributed by atoms with E-state index in [-0.39, 0.29) is 13.2 Å². The molecule has 1 aliphatic rings.